The van der Waals surface area contributed by atoms with Gasteiger partial charge < -0.3 is 20.3 Å². The van der Waals surface area contributed by atoms with E-state index in [-0.39, 0.29) is 5.91 Å². The minimum Gasteiger partial charge on any atom is -0.383 e. The highest BCUT2D eigenvalue weighted by Crippen LogP contribution is 2.07. The van der Waals surface area contributed by atoms with Crippen molar-refractivity contribution in [3.05, 3.63) is 0 Å². The molecule has 5 heteroatoms. The van der Waals surface area contributed by atoms with Crippen LogP contribution in [0.1, 0.15) is 12.8 Å². The van der Waals surface area contributed by atoms with Gasteiger partial charge in [0, 0.05) is 19.7 Å². The van der Waals surface area contributed by atoms with E-state index in [4.69, 9.17) is 4.74 Å². The van der Waals surface area contributed by atoms with Gasteiger partial charge in [-0.25, -0.2) is 0 Å². The van der Waals surface area contributed by atoms with E-state index in [1.54, 1.807) is 7.11 Å². The molecule has 0 aromatic rings. The molecule has 1 rings (SSSR count). The average molecular weight is 229 g/mol. The third-order valence-electron chi connectivity index (χ3n) is 2.90. The molecule has 0 aromatic carbocycles. The normalized spacial score (nSPS) is 18.6. The Morgan fingerprint density at radius 2 is 2.12 bits per heavy atom. The Morgan fingerprint density at radius 1 is 1.44 bits per heavy atom. The fourth-order valence-corrected chi connectivity index (χ4v) is 1.80. The quantitative estimate of drug-likeness (QED) is 0.599. The number of nitrogens with zero attached hydrogens (tertiary/aromatic N) is 1. The second kappa shape index (κ2) is 7.60. The SMILES string of the molecule is COCCNC(=O)CNC1CCN(C)CC1. The largest absolute Gasteiger partial charge is 0.383 e. The van der Waals surface area contributed by atoms with E-state index in [2.05, 4.69) is 22.6 Å². The van der Waals surface area contributed by atoms with Gasteiger partial charge in [-0.05, 0) is 33.0 Å². The van der Waals surface area contributed by atoms with Crippen LogP contribution in [0.4, 0.5) is 0 Å². The molecular formula is C11H23N3O2. The zero-order valence-electron chi connectivity index (χ0n) is 10.3. The lowest BCUT2D eigenvalue weighted by molar-refractivity contribution is -0.120. The van der Waals surface area contributed by atoms with Crippen molar-refractivity contribution in [1.82, 2.24) is 15.5 Å². The van der Waals surface area contributed by atoms with Gasteiger partial charge in [-0.3, -0.25) is 4.79 Å². The van der Waals surface area contributed by atoms with E-state index < -0.39 is 0 Å². The molecule has 94 valence electrons. The molecule has 0 bridgehead atoms. The number of amides is 1. The standard InChI is InChI=1S/C11H23N3O2/c1-14-6-3-10(4-7-14)13-9-11(15)12-5-8-16-2/h10,13H,3-9H2,1-2H3,(H,12,15). The summed E-state index contributed by atoms with van der Waals surface area (Å²) in [5.41, 5.74) is 0. The van der Waals surface area contributed by atoms with E-state index in [0.717, 1.165) is 25.9 Å². The minimum atomic E-state index is 0.0518. The first-order valence-corrected chi connectivity index (χ1v) is 5.90. The summed E-state index contributed by atoms with van der Waals surface area (Å²) in [6, 6.07) is 0.490. The van der Waals surface area contributed by atoms with Crippen molar-refractivity contribution in [3.8, 4) is 0 Å². The molecule has 2 N–H and O–H groups in total. The first-order valence-electron chi connectivity index (χ1n) is 5.90. The second-order valence-corrected chi connectivity index (χ2v) is 4.30. The number of likely N-dealkylation sites (tertiary alicyclic amines) is 1. The zero-order valence-corrected chi connectivity index (χ0v) is 10.3. The lowest BCUT2D eigenvalue weighted by Gasteiger charge is -2.29. The number of rotatable bonds is 6. The number of piperidine rings is 1. The predicted octanol–water partition coefficient (Wildman–Crippen LogP) is -0.567. The molecule has 16 heavy (non-hydrogen) atoms. The first kappa shape index (κ1) is 13.4. The molecule has 0 saturated carbocycles. The Labute approximate surface area is 97.5 Å². The van der Waals surface area contributed by atoms with Crippen LogP contribution in [0.15, 0.2) is 0 Å². The van der Waals surface area contributed by atoms with Gasteiger partial charge >= 0.3 is 0 Å². The summed E-state index contributed by atoms with van der Waals surface area (Å²) in [5.74, 6) is 0.0518. The monoisotopic (exact) mass is 229 g/mol. The van der Waals surface area contributed by atoms with Crippen molar-refractivity contribution in [2.45, 2.75) is 18.9 Å². The summed E-state index contributed by atoms with van der Waals surface area (Å²) in [7, 11) is 3.76. The van der Waals surface area contributed by atoms with E-state index in [1.807, 2.05) is 0 Å². The van der Waals surface area contributed by atoms with Crippen molar-refractivity contribution >= 4 is 5.91 Å². The lowest BCUT2D eigenvalue weighted by Crippen LogP contribution is -2.45. The summed E-state index contributed by atoms with van der Waals surface area (Å²) < 4.78 is 4.86. The lowest BCUT2D eigenvalue weighted by atomic mass is 10.1. The number of nitrogens with one attached hydrogen (secondary N) is 2. The Balaban J connectivity index is 2.03. The molecule has 0 atom stereocenters. The van der Waals surface area contributed by atoms with Gasteiger partial charge in [0.15, 0.2) is 0 Å². The summed E-state index contributed by atoms with van der Waals surface area (Å²) in [6.45, 7) is 3.80. The maximum Gasteiger partial charge on any atom is 0.234 e. The number of hydrogen-bond donors (Lipinski definition) is 2. The third kappa shape index (κ3) is 5.44. The van der Waals surface area contributed by atoms with E-state index in [1.165, 1.54) is 0 Å². The number of carbonyl (C=O) groups excluding carboxylic acids is 1. The van der Waals surface area contributed by atoms with Crippen molar-refractivity contribution in [2.75, 3.05) is 46.9 Å². The minimum absolute atomic E-state index is 0.0518. The Morgan fingerprint density at radius 3 is 2.75 bits per heavy atom. The van der Waals surface area contributed by atoms with Crippen molar-refractivity contribution in [3.63, 3.8) is 0 Å². The van der Waals surface area contributed by atoms with Crippen LogP contribution in [0, 0.1) is 0 Å². The van der Waals surface area contributed by atoms with Crippen molar-refractivity contribution in [1.29, 1.82) is 0 Å². The highest BCUT2D eigenvalue weighted by Gasteiger charge is 2.16. The molecular weight excluding hydrogens is 206 g/mol. The van der Waals surface area contributed by atoms with Gasteiger partial charge in [0.05, 0.1) is 13.2 Å². The van der Waals surface area contributed by atoms with Gasteiger partial charge in [0.1, 0.15) is 0 Å². The molecule has 1 amide bonds. The molecule has 0 unspecified atom stereocenters. The van der Waals surface area contributed by atoms with Gasteiger partial charge in [-0.1, -0.05) is 0 Å². The van der Waals surface area contributed by atoms with Crippen LogP contribution in [0.2, 0.25) is 0 Å². The molecule has 0 radical (unpaired) electrons. The topological polar surface area (TPSA) is 53.6 Å². The average Bonchev–Trinajstić information content (AvgIpc) is 2.29. The summed E-state index contributed by atoms with van der Waals surface area (Å²) in [5, 5.41) is 6.08. The summed E-state index contributed by atoms with van der Waals surface area (Å²) in [4.78, 5) is 13.7. The van der Waals surface area contributed by atoms with Gasteiger partial charge in [0.2, 0.25) is 5.91 Å². The van der Waals surface area contributed by atoms with Crippen molar-refractivity contribution < 1.29 is 9.53 Å². The second-order valence-electron chi connectivity index (χ2n) is 4.30. The summed E-state index contributed by atoms with van der Waals surface area (Å²) >= 11 is 0. The van der Waals surface area contributed by atoms with Crippen LogP contribution in [-0.4, -0.2) is 63.8 Å². The molecule has 1 saturated heterocycles. The fraction of sp³-hybridized carbons (Fsp3) is 0.909. The fourth-order valence-electron chi connectivity index (χ4n) is 1.80. The third-order valence-corrected chi connectivity index (χ3v) is 2.90. The Hall–Kier alpha value is -0.650. The molecule has 0 spiro atoms. The predicted molar refractivity (Wildman–Crippen MR) is 63.4 cm³/mol. The Bertz CT molecular complexity index is 203. The maximum absolute atomic E-state index is 11.4. The van der Waals surface area contributed by atoms with Gasteiger partial charge in [0.25, 0.3) is 0 Å². The van der Waals surface area contributed by atoms with Crippen LogP contribution < -0.4 is 10.6 Å². The molecule has 1 heterocycles. The van der Waals surface area contributed by atoms with Crippen LogP contribution in [0.25, 0.3) is 0 Å². The molecule has 0 aliphatic carbocycles. The van der Waals surface area contributed by atoms with Crippen LogP contribution >= 0.6 is 0 Å². The van der Waals surface area contributed by atoms with E-state index in [0.29, 0.717) is 25.7 Å². The first-order chi connectivity index (χ1) is 7.72. The van der Waals surface area contributed by atoms with Gasteiger partial charge in [-0.2, -0.15) is 0 Å². The summed E-state index contributed by atoms with van der Waals surface area (Å²) in [6.07, 6.45) is 2.25. The number of methoxy groups -OCH3 is 1. The molecule has 0 aromatic heterocycles. The van der Waals surface area contributed by atoms with E-state index in [9.17, 15) is 4.79 Å². The molecule has 1 aliphatic heterocycles. The molecule has 1 aliphatic rings. The maximum atomic E-state index is 11.4. The highest BCUT2D eigenvalue weighted by atomic mass is 16.5. The van der Waals surface area contributed by atoms with Crippen LogP contribution in [0.5, 0.6) is 0 Å². The van der Waals surface area contributed by atoms with Crippen LogP contribution in [-0.2, 0) is 9.53 Å². The Kier molecular flexibility index (Phi) is 6.37. The number of hydrogen-bond acceptors (Lipinski definition) is 4. The molecule has 5 nitrogen and oxygen atoms in total. The molecule has 1 fully saturated rings. The zero-order chi connectivity index (χ0) is 11.8. The smallest absolute Gasteiger partial charge is 0.234 e. The van der Waals surface area contributed by atoms with E-state index >= 15 is 0 Å². The van der Waals surface area contributed by atoms with Crippen molar-refractivity contribution in [2.24, 2.45) is 0 Å². The highest BCUT2D eigenvalue weighted by molar-refractivity contribution is 5.77. The number of carbonyl (C=O) groups is 1. The van der Waals surface area contributed by atoms with Gasteiger partial charge in [-0.15, -0.1) is 0 Å². The number of ether oxygens (including phenoxy) is 1. The van der Waals surface area contributed by atoms with Crippen LogP contribution in [0.3, 0.4) is 0 Å².